The Balaban J connectivity index is 1.30. The van der Waals surface area contributed by atoms with E-state index in [4.69, 9.17) is 0 Å². The third-order valence-electron chi connectivity index (χ3n) is 8.44. The molecule has 0 bridgehead atoms. The van der Waals surface area contributed by atoms with Crippen LogP contribution in [0.25, 0.3) is 0 Å². The summed E-state index contributed by atoms with van der Waals surface area (Å²) in [6.45, 7) is 4.13. The van der Waals surface area contributed by atoms with Crippen LogP contribution in [0, 0.1) is 36.2 Å². The molecule has 0 unspecified atom stereocenters. The third-order valence-corrected chi connectivity index (χ3v) is 8.44. The van der Waals surface area contributed by atoms with Gasteiger partial charge < -0.3 is 0 Å². The lowest BCUT2D eigenvalue weighted by Crippen LogP contribution is -2.16. The van der Waals surface area contributed by atoms with E-state index < -0.39 is 11.6 Å². The minimum absolute atomic E-state index is 0.0880. The lowest BCUT2D eigenvalue weighted by molar-refractivity contribution is 0.301. The van der Waals surface area contributed by atoms with Gasteiger partial charge in [-0.05, 0) is 123 Å². The van der Waals surface area contributed by atoms with Crippen molar-refractivity contribution in [1.82, 2.24) is 0 Å². The molecule has 0 nitrogen and oxygen atoms in total. The number of hydrogen-bond acceptors (Lipinski definition) is 0. The molecule has 0 atom stereocenters. The maximum Gasteiger partial charge on any atom is 0.162 e. The SMILES string of the molecule is CCCC1CCC(c2ccc(CCC3CCC(c4ccc(C)cc4F)CC3)c(F)c2F)CC1. The number of hydrogen-bond donors (Lipinski definition) is 0. The van der Waals surface area contributed by atoms with E-state index in [0.29, 0.717) is 23.5 Å². The molecule has 0 amide bonds. The summed E-state index contributed by atoms with van der Waals surface area (Å²) >= 11 is 0. The van der Waals surface area contributed by atoms with Crippen LogP contribution in [-0.4, -0.2) is 0 Å². The van der Waals surface area contributed by atoms with Gasteiger partial charge in [-0.1, -0.05) is 44.0 Å². The summed E-state index contributed by atoms with van der Waals surface area (Å²) < 4.78 is 44.2. The Morgan fingerprint density at radius 1 is 0.697 bits per heavy atom. The van der Waals surface area contributed by atoms with Crippen LogP contribution >= 0.6 is 0 Å². The number of rotatable bonds is 7. The summed E-state index contributed by atoms with van der Waals surface area (Å²) in [4.78, 5) is 0. The monoisotopic (exact) mass is 456 g/mol. The second-order valence-electron chi connectivity index (χ2n) is 10.7. The molecule has 2 saturated carbocycles. The molecule has 0 heterocycles. The summed E-state index contributed by atoms with van der Waals surface area (Å²) in [7, 11) is 0. The van der Waals surface area contributed by atoms with Crippen LogP contribution in [0.1, 0.15) is 112 Å². The molecule has 0 radical (unpaired) electrons. The van der Waals surface area contributed by atoms with Crippen molar-refractivity contribution in [2.75, 3.05) is 0 Å². The lowest BCUT2D eigenvalue weighted by atomic mass is 9.76. The largest absolute Gasteiger partial charge is 0.207 e. The van der Waals surface area contributed by atoms with Crippen molar-refractivity contribution >= 4 is 0 Å². The zero-order valence-electron chi connectivity index (χ0n) is 20.3. The van der Waals surface area contributed by atoms with Crippen molar-refractivity contribution in [1.29, 1.82) is 0 Å². The molecule has 2 aromatic carbocycles. The number of benzene rings is 2. The van der Waals surface area contributed by atoms with Gasteiger partial charge in [0.1, 0.15) is 5.82 Å². The van der Waals surface area contributed by atoms with Gasteiger partial charge >= 0.3 is 0 Å². The molecule has 180 valence electrons. The zero-order chi connectivity index (χ0) is 23.4. The first-order chi connectivity index (χ1) is 16.0. The molecule has 4 rings (SSSR count). The van der Waals surface area contributed by atoms with Gasteiger partial charge in [0.2, 0.25) is 0 Å². The molecule has 2 fully saturated rings. The van der Waals surface area contributed by atoms with E-state index in [2.05, 4.69) is 6.92 Å². The molecule has 2 aliphatic carbocycles. The van der Waals surface area contributed by atoms with Crippen LogP contribution in [0.15, 0.2) is 30.3 Å². The Kier molecular flexibility index (Phi) is 8.20. The Morgan fingerprint density at radius 2 is 1.27 bits per heavy atom. The van der Waals surface area contributed by atoms with Crippen molar-refractivity contribution in [3.8, 4) is 0 Å². The normalized spacial score (nSPS) is 25.8. The fourth-order valence-corrected chi connectivity index (χ4v) is 6.37. The summed E-state index contributed by atoms with van der Waals surface area (Å²) in [5, 5.41) is 0. The van der Waals surface area contributed by atoms with Gasteiger partial charge in [0.15, 0.2) is 11.6 Å². The first-order valence-electron chi connectivity index (χ1n) is 13.2. The van der Waals surface area contributed by atoms with Crippen LogP contribution < -0.4 is 0 Å². The van der Waals surface area contributed by atoms with E-state index in [1.807, 2.05) is 31.2 Å². The summed E-state index contributed by atoms with van der Waals surface area (Å²) in [6, 6.07) is 9.24. The van der Waals surface area contributed by atoms with Crippen LogP contribution in [0.4, 0.5) is 13.2 Å². The number of aryl methyl sites for hydroxylation is 2. The fraction of sp³-hybridized carbons (Fsp3) is 0.600. The minimum Gasteiger partial charge on any atom is -0.207 e. The Hall–Kier alpha value is -1.77. The lowest BCUT2D eigenvalue weighted by Gasteiger charge is -2.30. The molecule has 0 aliphatic heterocycles. The van der Waals surface area contributed by atoms with Crippen molar-refractivity contribution < 1.29 is 13.2 Å². The molecular weight excluding hydrogens is 417 g/mol. The maximum absolute atomic E-state index is 15.0. The summed E-state index contributed by atoms with van der Waals surface area (Å²) in [5.41, 5.74) is 2.90. The second kappa shape index (κ2) is 11.1. The van der Waals surface area contributed by atoms with Crippen LogP contribution in [0.2, 0.25) is 0 Å². The van der Waals surface area contributed by atoms with E-state index in [1.165, 1.54) is 12.8 Å². The van der Waals surface area contributed by atoms with Gasteiger partial charge in [-0.25, -0.2) is 13.2 Å². The Morgan fingerprint density at radius 3 is 1.88 bits per heavy atom. The van der Waals surface area contributed by atoms with E-state index in [0.717, 1.165) is 74.8 Å². The van der Waals surface area contributed by atoms with E-state index in [1.54, 1.807) is 6.07 Å². The van der Waals surface area contributed by atoms with Crippen molar-refractivity contribution in [2.45, 2.75) is 103 Å². The van der Waals surface area contributed by atoms with Gasteiger partial charge in [0.25, 0.3) is 0 Å². The average Bonchev–Trinajstić information content (AvgIpc) is 2.81. The van der Waals surface area contributed by atoms with Gasteiger partial charge in [0, 0.05) is 0 Å². The van der Waals surface area contributed by atoms with Crippen LogP contribution in [0.3, 0.4) is 0 Å². The zero-order valence-corrected chi connectivity index (χ0v) is 20.3. The summed E-state index contributed by atoms with van der Waals surface area (Å²) in [5.74, 6) is 0.391. The molecule has 33 heavy (non-hydrogen) atoms. The van der Waals surface area contributed by atoms with Crippen LogP contribution in [-0.2, 0) is 6.42 Å². The quantitative estimate of drug-likeness (QED) is 0.389. The van der Waals surface area contributed by atoms with Crippen molar-refractivity contribution in [3.05, 3.63) is 70.0 Å². The molecule has 0 saturated heterocycles. The highest BCUT2D eigenvalue weighted by Gasteiger charge is 2.27. The van der Waals surface area contributed by atoms with Gasteiger partial charge in [-0.15, -0.1) is 0 Å². The highest BCUT2D eigenvalue weighted by Crippen LogP contribution is 2.41. The molecule has 2 aromatic rings. The van der Waals surface area contributed by atoms with Gasteiger partial charge in [-0.3, -0.25) is 0 Å². The average molecular weight is 457 g/mol. The number of halogens is 3. The van der Waals surface area contributed by atoms with Crippen LogP contribution in [0.5, 0.6) is 0 Å². The predicted molar refractivity (Wildman–Crippen MR) is 130 cm³/mol. The molecule has 2 aliphatic rings. The molecule has 0 aromatic heterocycles. The third kappa shape index (κ3) is 5.84. The molecule has 3 heteroatoms. The van der Waals surface area contributed by atoms with E-state index in [9.17, 15) is 13.2 Å². The molecular formula is C30H39F3. The Labute approximate surface area is 198 Å². The second-order valence-corrected chi connectivity index (χ2v) is 10.7. The van der Waals surface area contributed by atoms with Crippen molar-refractivity contribution in [2.24, 2.45) is 11.8 Å². The summed E-state index contributed by atoms with van der Waals surface area (Å²) in [6.07, 6.45) is 12.2. The highest BCUT2D eigenvalue weighted by atomic mass is 19.2. The topological polar surface area (TPSA) is 0 Å². The van der Waals surface area contributed by atoms with E-state index in [-0.39, 0.29) is 17.7 Å². The highest BCUT2D eigenvalue weighted by molar-refractivity contribution is 5.30. The van der Waals surface area contributed by atoms with E-state index >= 15 is 0 Å². The Bertz CT molecular complexity index is 918. The predicted octanol–water partition coefficient (Wildman–Crippen LogP) is 9.39. The fourth-order valence-electron chi connectivity index (χ4n) is 6.37. The maximum atomic E-state index is 15.0. The standard InChI is InChI=1S/C30H39F3/c1-3-4-21-6-13-24(14-7-21)27-18-16-25(29(32)30(27)33)15-10-22-8-11-23(12-9-22)26-17-5-20(2)19-28(26)31/h5,16-19,21-24H,3-4,6-15H2,1-2H3. The molecule has 0 spiro atoms. The van der Waals surface area contributed by atoms with Gasteiger partial charge in [-0.2, -0.15) is 0 Å². The first kappa shape index (κ1) is 24.4. The first-order valence-corrected chi connectivity index (χ1v) is 13.2. The van der Waals surface area contributed by atoms with Gasteiger partial charge in [0.05, 0.1) is 0 Å². The smallest absolute Gasteiger partial charge is 0.162 e. The minimum atomic E-state index is -0.626. The molecule has 0 N–H and O–H groups in total. The van der Waals surface area contributed by atoms with Crippen molar-refractivity contribution in [3.63, 3.8) is 0 Å².